The number of piperidine rings is 1. The smallest absolute Gasteiger partial charge is 0.223 e. The Kier molecular flexibility index (Phi) is 4.00. The van der Waals surface area contributed by atoms with Crippen LogP contribution < -0.4 is 5.32 Å². The van der Waals surface area contributed by atoms with Crippen molar-refractivity contribution in [2.75, 3.05) is 13.1 Å². The highest BCUT2D eigenvalue weighted by atomic mass is 16.5. The van der Waals surface area contributed by atoms with Crippen LogP contribution in [-0.2, 0) is 11.3 Å². The Labute approximate surface area is 118 Å². The molecule has 2 fully saturated rings. The number of carbonyl (C=O) groups excluding carboxylic acids is 1. The summed E-state index contributed by atoms with van der Waals surface area (Å²) in [4.78, 5) is 18.5. The molecule has 0 bridgehead atoms. The van der Waals surface area contributed by atoms with Crippen molar-refractivity contribution in [3.63, 3.8) is 0 Å². The summed E-state index contributed by atoms with van der Waals surface area (Å²) in [7, 11) is 0. The molecule has 1 aromatic rings. The number of hydrogen-bond acceptors (Lipinski definition) is 5. The molecule has 1 saturated heterocycles. The molecule has 2 heterocycles. The number of aryl methyl sites for hydroxylation is 1. The number of hydrogen-bond donors (Lipinski definition) is 1. The maximum absolute atomic E-state index is 11.9. The van der Waals surface area contributed by atoms with E-state index in [1.54, 1.807) is 6.92 Å². The van der Waals surface area contributed by atoms with Gasteiger partial charge in [0, 0.05) is 32.0 Å². The van der Waals surface area contributed by atoms with Gasteiger partial charge in [0.15, 0.2) is 5.82 Å². The van der Waals surface area contributed by atoms with Crippen LogP contribution in [-0.4, -0.2) is 40.1 Å². The summed E-state index contributed by atoms with van der Waals surface area (Å²) in [6, 6.07) is 0.339. The van der Waals surface area contributed by atoms with Crippen molar-refractivity contribution in [1.29, 1.82) is 0 Å². The fraction of sp³-hybridized carbons (Fsp3) is 0.786. The molecule has 1 N–H and O–H groups in total. The maximum atomic E-state index is 11.9. The molecule has 6 heteroatoms. The highest BCUT2D eigenvalue weighted by Crippen LogP contribution is 2.26. The lowest BCUT2D eigenvalue weighted by molar-refractivity contribution is -0.128. The van der Waals surface area contributed by atoms with Gasteiger partial charge in [0.05, 0.1) is 6.54 Å². The van der Waals surface area contributed by atoms with Gasteiger partial charge in [-0.25, -0.2) is 0 Å². The van der Waals surface area contributed by atoms with E-state index >= 15 is 0 Å². The first kappa shape index (κ1) is 13.5. The van der Waals surface area contributed by atoms with Gasteiger partial charge in [-0.2, -0.15) is 4.98 Å². The summed E-state index contributed by atoms with van der Waals surface area (Å²) in [6.45, 7) is 4.49. The largest absolute Gasteiger partial charge is 0.353 e. The first-order valence-corrected chi connectivity index (χ1v) is 7.52. The Bertz CT molecular complexity index is 461. The molecule has 0 aromatic carbocycles. The highest BCUT2D eigenvalue weighted by molar-refractivity contribution is 5.79. The molecule has 1 aromatic heterocycles. The van der Waals surface area contributed by atoms with Crippen LogP contribution in [0.1, 0.15) is 43.8 Å². The number of likely N-dealkylation sites (tertiary alicyclic amines) is 1. The zero-order valence-corrected chi connectivity index (χ0v) is 12.0. The van der Waals surface area contributed by atoms with Crippen molar-refractivity contribution in [2.24, 2.45) is 5.92 Å². The molecule has 110 valence electrons. The number of nitrogens with zero attached hydrogens (tertiary/aromatic N) is 3. The third-order valence-corrected chi connectivity index (χ3v) is 4.34. The molecule has 3 rings (SSSR count). The third kappa shape index (κ3) is 3.17. The lowest BCUT2D eigenvalue weighted by Crippen LogP contribution is -2.47. The van der Waals surface area contributed by atoms with E-state index in [1.807, 2.05) is 0 Å². The fourth-order valence-corrected chi connectivity index (χ4v) is 2.83. The van der Waals surface area contributed by atoms with Gasteiger partial charge in [-0.3, -0.25) is 9.69 Å². The normalized spacial score (nSPS) is 21.6. The first-order valence-electron chi connectivity index (χ1n) is 7.52. The van der Waals surface area contributed by atoms with Gasteiger partial charge < -0.3 is 9.84 Å². The number of rotatable bonds is 4. The van der Waals surface area contributed by atoms with E-state index in [2.05, 4.69) is 20.4 Å². The molecule has 2 aliphatic rings. The predicted molar refractivity (Wildman–Crippen MR) is 72.8 cm³/mol. The highest BCUT2D eigenvalue weighted by Gasteiger charge is 2.28. The van der Waals surface area contributed by atoms with Gasteiger partial charge in [-0.1, -0.05) is 11.6 Å². The minimum atomic E-state index is 0.267. The first-order chi connectivity index (χ1) is 9.70. The van der Waals surface area contributed by atoms with Crippen LogP contribution in [0.25, 0.3) is 0 Å². The van der Waals surface area contributed by atoms with Crippen molar-refractivity contribution in [3.05, 3.63) is 11.7 Å². The number of amides is 1. The van der Waals surface area contributed by atoms with Crippen LogP contribution in [0.2, 0.25) is 0 Å². The van der Waals surface area contributed by atoms with E-state index in [4.69, 9.17) is 4.52 Å². The number of nitrogens with one attached hydrogen (secondary N) is 1. The number of carbonyl (C=O) groups is 1. The van der Waals surface area contributed by atoms with Crippen LogP contribution in [0.5, 0.6) is 0 Å². The van der Waals surface area contributed by atoms with Gasteiger partial charge in [0.25, 0.3) is 0 Å². The van der Waals surface area contributed by atoms with Crippen molar-refractivity contribution in [3.8, 4) is 0 Å². The third-order valence-electron chi connectivity index (χ3n) is 4.34. The van der Waals surface area contributed by atoms with Crippen molar-refractivity contribution >= 4 is 5.91 Å². The summed E-state index contributed by atoms with van der Waals surface area (Å²) in [5.74, 6) is 1.92. The van der Waals surface area contributed by atoms with Crippen LogP contribution >= 0.6 is 0 Å². The second-order valence-corrected chi connectivity index (χ2v) is 5.92. The summed E-state index contributed by atoms with van der Waals surface area (Å²) in [5.41, 5.74) is 0. The van der Waals surface area contributed by atoms with Crippen molar-refractivity contribution in [2.45, 2.75) is 51.6 Å². The van der Waals surface area contributed by atoms with Crippen molar-refractivity contribution in [1.82, 2.24) is 20.4 Å². The monoisotopic (exact) mass is 278 g/mol. The van der Waals surface area contributed by atoms with E-state index in [9.17, 15) is 4.79 Å². The van der Waals surface area contributed by atoms with Crippen LogP contribution in [0.15, 0.2) is 4.52 Å². The molecular weight excluding hydrogens is 256 g/mol. The molecule has 0 radical (unpaired) electrons. The molecule has 0 unspecified atom stereocenters. The van der Waals surface area contributed by atoms with E-state index in [0.29, 0.717) is 11.9 Å². The zero-order chi connectivity index (χ0) is 13.9. The second-order valence-electron chi connectivity index (χ2n) is 5.92. The van der Waals surface area contributed by atoms with Crippen molar-refractivity contribution < 1.29 is 9.32 Å². The summed E-state index contributed by atoms with van der Waals surface area (Å²) < 4.78 is 4.98. The molecule has 1 aliphatic heterocycles. The van der Waals surface area contributed by atoms with E-state index in [0.717, 1.165) is 51.1 Å². The molecule has 0 spiro atoms. The summed E-state index contributed by atoms with van der Waals surface area (Å²) in [5, 5.41) is 7.12. The SMILES string of the molecule is Cc1nc(CN2CCC(NC(=O)C3CCC3)CC2)no1. The molecule has 20 heavy (non-hydrogen) atoms. The molecule has 0 atom stereocenters. The van der Waals surface area contributed by atoms with Crippen LogP contribution in [0.3, 0.4) is 0 Å². The minimum Gasteiger partial charge on any atom is -0.353 e. The topological polar surface area (TPSA) is 71.3 Å². The molecule has 1 saturated carbocycles. The predicted octanol–water partition coefficient (Wildman–Crippen LogP) is 1.26. The van der Waals surface area contributed by atoms with Gasteiger partial charge in [0.2, 0.25) is 11.8 Å². The van der Waals surface area contributed by atoms with Gasteiger partial charge >= 0.3 is 0 Å². The summed E-state index contributed by atoms with van der Waals surface area (Å²) in [6.07, 6.45) is 5.37. The minimum absolute atomic E-state index is 0.267. The summed E-state index contributed by atoms with van der Waals surface area (Å²) >= 11 is 0. The van der Waals surface area contributed by atoms with Gasteiger partial charge in [-0.05, 0) is 25.7 Å². The van der Waals surface area contributed by atoms with Crippen LogP contribution in [0.4, 0.5) is 0 Å². The van der Waals surface area contributed by atoms with E-state index in [-0.39, 0.29) is 11.8 Å². The quantitative estimate of drug-likeness (QED) is 0.897. The zero-order valence-electron chi connectivity index (χ0n) is 12.0. The second kappa shape index (κ2) is 5.91. The maximum Gasteiger partial charge on any atom is 0.223 e. The van der Waals surface area contributed by atoms with Crippen LogP contribution in [0, 0.1) is 12.8 Å². The lowest BCUT2D eigenvalue weighted by atomic mass is 9.84. The Morgan fingerprint density at radius 1 is 1.35 bits per heavy atom. The Hall–Kier alpha value is -1.43. The standard InChI is InChI=1S/C14H22N4O2/c1-10-15-13(17-20-10)9-18-7-5-12(6-8-18)16-14(19)11-3-2-4-11/h11-12H,2-9H2,1H3,(H,16,19). The van der Waals surface area contributed by atoms with E-state index < -0.39 is 0 Å². The molecule has 6 nitrogen and oxygen atoms in total. The van der Waals surface area contributed by atoms with Gasteiger partial charge in [0.1, 0.15) is 0 Å². The Morgan fingerprint density at radius 3 is 2.65 bits per heavy atom. The fourth-order valence-electron chi connectivity index (χ4n) is 2.83. The molecule has 1 amide bonds. The average Bonchev–Trinajstić information content (AvgIpc) is 2.75. The molecule has 1 aliphatic carbocycles. The van der Waals surface area contributed by atoms with Gasteiger partial charge in [-0.15, -0.1) is 0 Å². The van der Waals surface area contributed by atoms with E-state index in [1.165, 1.54) is 6.42 Å². The Balaban J connectivity index is 1.41. The lowest BCUT2D eigenvalue weighted by Gasteiger charge is -2.33. The number of aromatic nitrogens is 2. The average molecular weight is 278 g/mol. The Morgan fingerprint density at radius 2 is 2.10 bits per heavy atom. The molecular formula is C14H22N4O2.